The molecule has 0 bridgehead atoms. The molecule has 0 aliphatic rings. The molecule has 0 nitrogen and oxygen atoms in total. The molecule has 0 fully saturated rings. The number of alkyl halides is 4. The fourth-order valence-corrected chi connectivity index (χ4v) is 5.20. The summed E-state index contributed by atoms with van der Waals surface area (Å²) in [6.45, 7) is 0. The summed E-state index contributed by atoms with van der Waals surface area (Å²) in [5, 5.41) is 0. The van der Waals surface area contributed by atoms with Gasteiger partial charge in [0.25, 0.3) is 0 Å². The van der Waals surface area contributed by atoms with Gasteiger partial charge in [0.2, 0.25) is 0 Å². The van der Waals surface area contributed by atoms with Crippen LogP contribution in [0.3, 0.4) is 0 Å². The predicted octanol–water partition coefficient (Wildman–Crippen LogP) is 5.40. The maximum atomic E-state index is 14.0. The van der Waals surface area contributed by atoms with E-state index < -0.39 is 72.2 Å². The van der Waals surface area contributed by atoms with Gasteiger partial charge in [0, 0.05) is 0 Å². The van der Waals surface area contributed by atoms with Crippen molar-refractivity contribution >= 4 is 0 Å². The van der Waals surface area contributed by atoms with Gasteiger partial charge in [-0.05, 0) is 0 Å². The van der Waals surface area contributed by atoms with E-state index in [2.05, 4.69) is 0 Å². The maximum absolute atomic E-state index is 14.0. The van der Waals surface area contributed by atoms with Crippen LogP contribution in [-0.2, 0) is 26.2 Å². The quantitative estimate of drug-likeness (QED) is 0.348. The molecule has 0 aromatic heterocycles. The molecule has 0 radical (unpaired) electrons. The van der Waals surface area contributed by atoms with Crippen LogP contribution in [0.5, 0.6) is 0 Å². The van der Waals surface area contributed by atoms with Crippen LogP contribution in [0.15, 0.2) is 24.3 Å². The van der Waals surface area contributed by atoms with Crippen LogP contribution in [-0.4, -0.2) is 0 Å². The number of benzene rings is 2. The van der Waals surface area contributed by atoms with Crippen molar-refractivity contribution in [3.8, 4) is 0 Å². The minimum atomic E-state index is -4.70. The summed E-state index contributed by atoms with van der Waals surface area (Å²) >= 11 is -4.70. The van der Waals surface area contributed by atoms with Crippen LogP contribution < -0.4 is 0 Å². The number of hydrogen-bond acceptors (Lipinski definition) is 0. The van der Waals surface area contributed by atoms with Crippen molar-refractivity contribution in [3.63, 3.8) is 0 Å². The third-order valence-corrected chi connectivity index (χ3v) is 6.76. The summed E-state index contributed by atoms with van der Waals surface area (Å²) in [6.07, 6.45) is 0. The third-order valence-electron chi connectivity index (χ3n) is 3.30. The molecular weight excluding hydrogens is 424 g/mol. The molecule has 0 N–H and O–H groups in total. The molecule has 0 unspecified atom stereocenters. The molecular formula is C14H4F10Zn. The normalized spacial score (nSPS) is 12.2. The molecule has 0 saturated carbocycles. The van der Waals surface area contributed by atoms with Gasteiger partial charge < -0.3 is 0 Å². The predicted molar refractivity (Wildman–Crippen MR) is 60.4 cm³/mol. The first-order valence-corrected chi connectivity index (χ1v) is 9.39. The van der Waals surface area contributed by atoms with Gasteiger partial charge in [-0.15, -0.1) is 0 Å². The van der Waals surface area contributed by atoms with Crippen molar-refractivity contribution in [2.45, 2.75) is 9.03 Å². The minimum absolute atomic E-state index is 0.0939. The van der Waals surface area contributed by atoms with E-state index in [0.29, 0.717) is 0 Å². The molecule has 2 rings (SSSR count). The molecule has 0 aliphatic heterocycles. The average Bonchev–Trinajstić information content (AvgIpc) is 2.48. The third kappa shape index (κ3) is 3.66. The average molecular weight is 428 g/mol. The topological polar surface area (TPSA) is 0 Å². The number of halogens is 10. The molecule has 0 spiro atoms. The summed E-state index contributed by atoms with van der Waals surface area (Å²) in [4.78, 5) is 0. The first-order valence-electron chi connectivity index (χ1n) is 6.42. The van der Waals surface area contributed by atoms with Crippen molar-refractivity contribution < 1.29 is 61.0 Å². The van der Waals surface area contributed by atoms with E-state index in [9.17, 15) is 43.9 Å². The Hall–Kier alpha value is -1.64. The Balaban J connectivity index is 2.46. The van der Waals surface area contributed by atoms with Crippen molar-refractivity contribution in [1.82, 2.24) is 0 Å². The van der Waals surface area contributed by atoms with Gasteiger partial charge in [-0.2, -0.15) is 0 Å². The molecule has 0 saturated heterocycles. The van der Waals surface area contributed by atoms with Crippen LogP contribution in [0.4, 0.5) is 43.9 Å². The molecule has 0 aliphatic carbocycles. The Morgan fingerprint density at radius 2 is 0.840 bits per heavy atom. The van der Waals surface area contributed by atoms with Gasteiger partial charge in [-0.1, -0.05) is 0 Å². The summed E-state index contributed by atoms with van der Waals surface area (Å²) in [7, 11) is 0. The Morgan fingerprint density at radius 3 is 1.16 bits per heavy atom. The van der Waals surface area contributed by atoms with Gasteiger partial charge in [-0.3, -0.25) is 0 Å². The van der Waals surface area contributed by atoms with Gasteiger partial charge in [0.1, 0.15) is 0 Å². The number of rotatable bonds is 4. The van der Waals surface area contributed by atoms with E-state index in [4.69, 9.17) is 0 Å². The molecule has 0 atom stereocenters. The van der Waals surface area contributed by atoms with Crippen LogP contribution in [0, 0.1) is 34.9 Å². The second kappa shape index (κ2) is 6.59. The van der Waals surface area contributed by atoms with E-state index in [1.54, 1.807) is 0 Å². The Bertz CT molecular complexity index is 750. The molecule has 11 heteroatoms. The van der Waals surface area contributed by atoms with Crippen molar-refractivity contribution in [2.75, 3.05) is 0 Å². The zero-order valence-electron chi connectivity index (χ0n) is 11.8. The SMILES string of the molecule is Fc1ccc([C](F)(F)[Zn][C](F)(F)c2ccc(F)c(F)c2F)c(F)c1F. The second-order valence-corrected chi connectivity index (χ2v) is 9.50. The van der Waals surface area contributed by atoms with Gasteiger partial charge in [0.15, 0.2) is 0 Å². The fraction of sp³-hybridized carbons (Fsp3) is 0.143. The molecule has 2 aromatic rings. The van der Waals surface area contributed by atoms with Crippen LogP contribution >= 0.6 is 0 Å². The summed E-state index contributed by atoms with van der Waals surface area (Å²) in [5.74, 6) is -12.9. The Labute approximate surface area is 141 Å². The summed E-state index contributed by atoms with van der Waals surface area (Å²) < 4.78 is 125. The fourth-order valence-electron chi connectivity index (χ4n) is 2.09. The van der Waals surface area contributed by atoms with Crippen LogP contribution in [0.25, 0.3) is 0 Å². The van der Waals surface area contributed by atoms with Crippen molar-refractivity contribution in [3.05, 3.63) is 70.3 Å². The van der Waals surface area contributed by atoms with Gasteiger partial charge in [-0.25, -0.2) is 0 Å². The summed E-state index contributed by atoms with van der Waals surface area (Å²) in [5.41, 5.74) is -3.62. The van der Waals surface area contributed by atoms with Crippen molar-refractivity contribution in [1.29, 1.82) is 0 Å². The van der Waals surface area contributed by atoms with Crippen LogP contribution in [0.1, 0.15) is 11.1 Å². The van der Waals surface area contributed by atoms with E-state index in [1.165, 1.54) is 0 Å². The molecule has 25 heavy (non-hydrogen) atoms. The van der Waals surface area contributed by atoms with Gasteiger partial charge in [0.05, 0.1) is 0 Å². The monoisotopic (exact) mass is 426 g/mol. The number of hydrogen-bond donors (Lipinski definition) is 0. The van der Waals surface area contributed by atoms with Crippen molar-refractivity contribution in [2.24, 2.45) is 0 Å². The zero-order valence-corrected chi connectivity index (χ0v) is 14.8. The van der Waals surface area contributed by atoms with Crippen LogP contribution in [0.2, 0.25) is 0 Å². The second-order valence-electron chi connectivity index (χ2n) is 5.03. The van der Waals surface area contributed by atoms with Gasteiger partial charge >= 0.3 is 140 Å². The molecule has 0 heterocycles. The first kappa shape index (κ1) is 19.7. The standard InChI is InChI=1S/2C7H2F5.Zn/c2*8-4-2-1-3(7(11)12)5(9)6(4)10;/h2*1-2H;. The van der Waals surface area contributed by atoms with E-state index in [0.717, 1.165) is 0 Å². The zero-order chi connectivity index (χ0) is 19.2. The van der Waals surface area contributed by atoms with E-state index in [-0.39, 0.29) is 24.3 Å². The van der Waals surface area contributed by atoms with E-state index >= 15 is 0 Å². The summed E-state index contributed by atoms with van der Waals surface area (Å²) in [6, 6.07) is 0.438. The Kier molecular flexibility index (Phi) is 5.19. The Morgan fingerprint density at radius 1 is 0.520 bits per heavy atom. The first-order chi connectivity index (χ1) is 11.4. The molecule has 132 valence electrons. The van der Waals surface area contributed by atoms with E-state index in [1.807, 2.05) is 0 Å². The molecule has 2 aromatic carbocycles. The molecule has 0 amide bonds.